The van der Waals surface area contributed by atoms with E-state index in [9.17, 15) is 9.59 Å². The van der Waals surface area contributed by atoms with Crippen molar-refractivity contribution in [3.05, 3.63) is 0 Å². The number of hydrogen-bond acceptors (Lipinski definition) is 3. The summed E-state index contributed by atoms with van der Waals surface area (Å²) in [4.78, 5) is 22.3. The molecule has 19 heavy (non-hydrogen) atoms. The van der Waals surface area contributed by atoms with E-state index in [-0.39, 0.29) is 23.5 Å². The molecule has 2 atom stereocenters. The number of carboxylic acid groups (broad SMARTS) is 1. The van der Waals surface area contributed by atoms with Gasteiger partial charge in [0, 0.05) is 0 Å². The number of rotatable bonds is 6. The van der Waals surface area contributed by atoms with Gasteiger partial charge in [-0.25, -0.2) is 0 Å². The van der Waals surface area contributed by atoms with Gasteiger partial charge in [0.15, 0.2) is 8.32 Å². The van der Waals surface area contributed by atoms with Crippen LogP contribution in [0.2, 0.25) is 18.1 Å². The van der Waals surface area contributed by atoms with Gasteiger partial charge in [-0.1, -0.05) is 20.8 Å². The van der Waals surface area contributed by atoms with Gasteiger partial charge in [-0.15, -0.1) is 0 Å². The Bertz CT molecular complexity index is 336. The summed E-state index contributed by atoms with van der Waals surface area (Å²) in [5.41, 5.74) is 0. The van der Waals surface area contributed by atoms with E-state index in [1.54, 1.807) is 0 Å². The van der Waals surface area contributed by atoms with Crippen LogP contribution >= 0.6 is 0 Å². The highest BCUT2D eigenvalue weighted by atomic mass is 28.4. The van der Waals surface area contributed by atoms with Crippen molar-refractivity contribution in [3.63, 3.8) is 0 Å². The maximum absolute atomic E-state index is 11.7. The molecule has 0 saturated heterocycles. The summed E-state index contributed by atoms with van der Waals surface area (Å²) in [6, 6.07) is -0.868. The molecule has 1 unspecified atom stereocenters. The summed E-state index contributed by atoms with van der Waals surface area (Å²) < 4.78 is 6.05. The van der Waals surface area contributed by atoms with Gasteiger partial charge in [0.05, 0.1) is 12.5 Å². The van der Waals surface area contributed by atoms with Gasteiger partial charge in [0.1, 0.15) is 6.04 Å². The largest absolute Gasteiger partial charge is 0.480 e. The van der Waals surface area contributed by atoms with Crippen molar-refractivity contribution >= 4 is 20.2 Å². The molecule has 6 heteroatoms. The number of amides is 1. The van der Waals surface area contributed by atoms with Crippen LogP contribution in [0, 0.1) is 0 Å². The van der Waals surface area contributed by atoms with Crippen molar-refractivity contribution in [2.24, 2.45) is 0 Å². The molecule has 0 heterocycles. The predicted octanol–water partition coefficient (Wildman–Crippen LogP) is 2.38. The minimum atomic E-state index is -1.89. The van der Waals surface area contributed by atoms with E-state index < -0.39 is 20.3 Å². The van der Waals surface area contributed by atoms with Crippen LogP contribution in [0.25, 0.3) is 0 Å². The molecular weight excluding hydrogens is 262 g/mol. The lowest BCUT2D eigenvalue weighted by molar-refractivity contribution is -0.141. The lowest BCUT2D eigenvalue weighted by Crippen LogP contribution is -2.45. The Balaban J connectivity index is 4.36. The summed E-state index contributed by atoms with van der Waals surface area (Å²) >= 11 is 0. The van der Waals surface area contributed by atoms with Crippen LogP contribution < -0.4 is 5.32 Å². The van der Waals surface area contributed by atoms with Crippen molar-refractivity contribution in [2.45, 2.75) is 71.3 Å². The molecule has 5 nitrogen and oxygen atoms in total. The Labute approximate surface area is 116 Å². The Morgan fingerprint density at radius 3 is 2.11 bits per heavy atom. The number of aliphatic carboxylic acids is 1. The normalized spacial score (nSPS) is 15.7. The van der Waals surface area contributed by atoms with Gasteiger partial charge >= 0.3 is 5.97 Å². The molecule has 0 saturated carbocycles. The fourth-order valence-corrected chi connectivity index (χ4v) is 2.79. The highest BCUT2D eigenvalue weighted by molar-refractivity contribution is 6.74. The zero-order valence-electron chi connectivity index (χ0n) is 13.0. The molecule has 0 aromatic rings. The van der Waals surface area contributed by atoms with Crippen molar-refractivity contribution in [3.8, 4) is 0 Å². The van der Waals surface area contributed by atoms with Gasteiger partial charge in [-0.05, 0) is 32.0 Å². The first kappa shape index (κ1) is 18.1. The van der Waals surface area contributed by atoms with Crippen molar-refractivity contribution in [1.29, 1.82) is 0 Å². The number of nitrogens with one attached hydrogen (secondary N) is 1. The summed E-state index contributed by atoms with van der Waals surface area (Å²) in [5.74, 6) is -1.33. The number of hydrogen-bond donors (Lipinski definition) is 2. The second-order valence-electron chi connectivity index (χ2n) is 6.52. The Hall–Kier alpha value is -0.883. The minimum Gasteiger partial charge on any atom is -0.480 e. The van der Waals surface area contributed by atoms with Crippen LogP contribution in [0.4, 0.5) is 0 Å². The average Bonchev–Trinajstić information content (AvgIpc) is 2.13. The molecule has 0 aliphatic rings. The fraction of sp³-hybridized carbons (Fsp3) is 0.846. The molecule has 2 N–H and O–H groups in total. The smallest absolute Gasteiger partial charge is 0.325 e. The molecule has 0 aliphatic carbocycles. The van der Waals surface area contributed by atoms with Crippen LogP contribution in [0.1, 0.15) is 41.0 Å². The second-order valence-corrected chi connectivity index (χ2v) is 11.3. The first-order valence-electron chi connectivity index (χ1n) is 6.57. The van der Waals surface area contributed by atoms with Crippen LogP contribution in [0.5, 0.6) is 0 Å². The van der Waals surface area contributed by atoms with E-state index in [1.165, 1.54) is 6.92 Å². The standard InChI is InChI=1S/C13H27NO4Si/c1-9(18-19(6,7)13(3,4)5)8-11(15)14-10(2)12(16)17/h9-10H,8H2,1-7H3,(H,14,15)(H,16,17)/t9?,10-/m0/s1. The van der Waals surface area contributed by atoms with Crippen LogP contribution in [-0.2, 0) is 14.0 Å². The molecule has 112 valence electrons. The third-order valence-electron chi connectivity index (χ3n) is 3.52. The maximum Gasteiger partial charge on any atom is 0.325 e. The number of carboxylic acids is 1. The number of carbonyl (C=O) groups excluding carboxylic acids is 1. The molecule has 1 amide bonds. The molecule has 0 fully saturated rings. The number of carbonyl (C=O) groups is 2. The Morgan fingerprint density at radius 2 is 1.74 bits per heavy atom. The van der Waals surface area contributed by atoms with E-state index in [0.717, 1.165) is 0 Å². The first-order chi connectivity index (χ1) is 8.36. The average molecular weight is 289 g/mol. The highest BCUT2D eigenvalue weighted by Crippen LogP contribution is 2.37. The van der Waals surface area contributed by atoms with Gasteiger partial charge in [0.2, 0.25) is 5.91 Å². The molecular formula is C13H27NO4Si. The van der Waals surface area contributed by atoms with Crippen LogP contribution in [0.3, 0.4) is 0 Å². The topological polar surface area (TPSA) is 75.6 Å². The van der Waals surface area contributed by atoms with Gasteiger partial charge in [-0.3, -0.25) is 9.59 Å². The van der Waals surface area contributed by atoms with Gasteiger partial charge < -0.3 is 14.8 Å². The summed E-state index contributed by atoms with van der Waals surface area (Å²) in [5, 5.41) is 11.2. The molecule has 0 aromatic heterocycles. The third-order valence-corrected chi connectivity index (χ3v) is 8.13. The predicted molar refractivity (Wildman–Crippen MR) is 77.6 cm³/mol. The second kappa shape index (κ2) is 6.52. The first-order valence-corrected chi connectivity index (χ1v) is 9.47. The molecule has 0 aromatic carbocycles. The Morgan fingerprint density at radius 1 is 1.26 bits per heavy atom. The zero-order valence-corrected chi connectivity index (χ0v) is 14.0. The van der Waals surface area contributed by atoms with Crippen molar-refractivity contribution in [1.82, 2.24) is 5.32 Å². The Kier molecular flexibility index (Phi) is 6.22. The molecule has 0 aliphatic heterocycles. The van der Waals surface area contributed by atoms with Crippen molar-refractivity contribution in [2.75, 3.05) is 0 Å². The van der Waals surface area contributed by atoms with Gasteiger partial charge in [0.25, 0.3) is 0 Å². The van der Waals surface area contributed by atoms with Crippen LogP contribution in [0.15, 0.2) is 0 Å². The quantitative estimate of drug-likeness (QED) is 0.736. The lowest BCUT2D eigenvalue weighted by Gasteiger charge is -2.38. The van der Waals surface area contributed by atoms with E-state index >= 15 is 0 Å². The summed E-state index contributed by atoms with van der Waals surface area (Å²) in [6.07, 6.45) is -0.0219. The van der Waals surface area contributed by atoms with E-state index in [0.29, 0.717) is 0 Å². The minimum absolute atomic E-state index is 0.0894. The molecule has 0 spiro atoms. The monoisotopic (exact) mass is 289 g/mol. The van der Waals surface area contributed by atoms with Crippen molar-refractivity contribution < 1.29 is 19.1 Å². The van der Waals surface area contributed by atoms with E-state index in [4.69, 9.17) is 9.53 Å². The molecule has 0 rings (SSSR count). The summed E-state index contributed by atoms with van der Waals surface area (Å²) in [7, 11) is -1.89. The van der Waals surface area contributed by atoms with Crippen LogP contribution in [-0.4, -0.2) is 37.4 Å². The highest BCUT2D eigenvalue weighted by Gasteiger charge is 2.38. The molecule has 0 radical (unpaired) electrons. The summed E-state index contributed by atoms with van der Waals surface area (Å²) in [6.45, 7) is 14.0. The van der Waals surface area contributed by atoms with E-state index in [1.807, 2.05) is 6.92 Å². The zero-order chi connectivity index (χ0) is 15.4. The fourth-order valence-electron chi connectivity index (χ4n) is 1.34. The lowest BCUT2D eigenvalue weighted by atomic mass is 10.2. The van der Waals surface area contributed by atoms with E-state index in [2.05, 4.69) is 39.2 Å². The SMILES string of the molecule is CC(CC(=O)N[C@@H](C)C(=O)O)O[Si](C)(C)C(C)(C)C. The van der Waals surface area contributed by atoms with Gasteiger partial charge in [-0.2, -0.15) is 0 Å². The third kappa shape index (κ3) is 6.20. The molecule has 0 bridgehead atoms. The maximum atomic E-state index is 11.7.